The summed E-state index contributed by atoms with van der Waals surface area (Å²) in [6.07, 6.45) is 7.21. The molecule has 0 spiro atoms. The number of nitrogens with zero attached hydrogens (tertiary/aromatic N) is 1. The summed E-state index contributed by atoms with van der Waals surface area (Å²) in [4.78, 5) is 26.1. The molecule has 0 fully saturated rings. The topological polar surface area (TPSA) is 69.6 Å². The van der Waals surface area contributed by atoms with Crippen LogP contribution in [0, 0.1) is 0 Å². The highest BCUT2D eigenvalue weighted by atomic mass is 35.5. The van der Waals surface area contributed by atoms with Crippen LogP contribution in [-0.2, 0) is 16.0 Å². The van der Waals surface area contributed by atoms with Gasteiger partial charge in [0.1, 0.15) is 6.17 Å². The summed E-state index contributed by atoms with van der Waals surface area (Å²) in [5.41, 5.74) is 2.05. The molecule has 1 aromatic carbocycles. The van der Waals surface area contributed by atoms with E-state index in [0.717, 1.165) is 30.4 Å². The van der Waals surface area contributed by atoms with E-state index < -0.39 is 23.7 Å². The molecule has 0 saturated carbocycles. The van der Waals surface area contributed by atoms with Gasteiger partial charge in [-0.15, -0.1) is 0 Å². The second-order valence-corrected chi connectivity index (χ2v) is 8.51. The summed E-state index contributed by atoms with van der Waals surface area (Å²) < 4.78 is 13.4. The third-order valence-corrected chi connectivity index (χ3v) is 6.11. The summed E-state index contributed by atoms with van der Waals surface area (Å²) in [6, 6.07) is 5.51. The number of unbranched alkanes of at least 4 members (excludes halogenated alkanes) is 1. The van der Waals surface area contributed by atoms with Crippen molar-refractivity contribution in [2.75, 3.05) is 19.6 Å². The Morgan fingerprint density at radius 1 is 1.23 bits per heavy atom. The number of rotatable bonds is 9. The summed E-state index contributed by atoms with van der Waals surface area (Å²) in [5.74, 6) is -1.51. The number of nitrogens with one attached hydrogen (secondary N) is 1. The quantitative estimate of drug-likeness (QED) is 0.518. The Bertz CT molecular complexity index is 943. The van der Waals surface area contributed by atoms with E-state index in [9.17, 15) is 19.1 Å². The zero-order valence-electron chi connectivity index (χ0n) is 17.0. The smallest absolute Gasteiger partial charge is 0.289 e. The molecule has 2 amide bonds. The Morgan fingerprint density at radius 3 is 2.77 bits per heavy atom. The van der Waals surface area contributed by atoms with Gasteiger partial charge in [0.25, 0.3) is 11.8 Å². The van der Waals surface area contributed by atoms with Gasteiger partial charge < -0.3 is 15.3 Å². The van der Waals surface area contributed by atoms with Crippen molar-refractivity contribution in [1.82, 2.24) is 10.2 Å². The van der Waals surface area contributed by atoms with Crippen LogP contribution in [0.1, 0.15) is 31.2 Å². The van der Waals surface area contributed by atoms with Gasteiger partial charge in [0.2, 0.25) is 0 Å². The Balaban J connectivity index is 1.40. The Labute approximate surface area is 191 Å². The fourth-order valence-corrected chi connectivity index (χ4v) is 3.92. The highest BCUT2D eigenvalue weighted by Crippen LogP contribution is 2.24. The number of halogens is 3. The van der Waals surface area contributed by atoms with E-state index in [0.29, 0.717) is 36.0 Å². The fraction of sp³-hybridized carbons (Fsp3) is 0.391. The standard InChI is InChI=1S/C23H25Cl2FN2O3/c24-19-8-7-15(13-20(19)25)4-1-2-10-27-22(30)18-14-28(23(31)21(18)29)11-9-16-5-3-6-17(26)12-16/h3,5-8,13,17,29H,1-2,4,9-12,14H2,(H,27,30). The molecule has 0 saturated heterocycles. The van der Waals surface area contributed by atoms with E-state index in [2.05, 4.69) is 5.32 Å². The first-order valence-electron chi connectivity index (χ1n) is 10.3. The maximum atomic E-state index is 13.4. The van der Waals surface area contributed by atoms with E-state index in [1.165, 1.54) is 11.0 Å². The molecule has 31 heavy (non-hydrogen) atoms. The van der Waals surface area contributed by atoms with E-state index in [1.54, 1.807) is 12.1 Å². The van der Waals surface area contributed by atoms with Gasteiger partial charge in [-0.25, -0.2) is 4.39 Å². The molecule has 3 rings (SSSR count). The minimum Gasteiger partial charge on any atom is -0.503 e. The lowest BCUT2D eigenvalue weighted by Gasteiger charge is -2.18. The van der Waals surface area contributed by atoms with E-state index in [4.69, 9.17) is 23.2 Å². The first-order valence-corrected chi connectivity index (χ1v) is 11.0. The number of allylic oxidation sites excluding steroid dienone is 3. The zero-order chi connectivity index (χ0) is 22.4. The lowest BCUT2D eigenvalue weighted by Crippen LogP contribution is -2.31. The van der Waals surface area contributed by atoms with Crippen LogP contribution in [0.4, 0.5) is 4.39 Å². The Morgan fingerprint density at radius 2 is 2.03 bits per heavy atom. The number of aliphatic hydroxyl groups excluding tert-OH is 1. The molecule has 8 heteroatoms. The maximum Gasteiger partial charge on any atom is 0.289 e. The Hall–Kier alpha value is -2.31. The van der Waals surface area contributed by atoms with Crippen molar-refractivity contribution in [3.8, 4) is 0 Å². The minimum absolute atomic E-state index is 0.0575. The predicted molar refractivity (Wildman–Crippen MR) is 120 cm³/mol. The molecule has 1 unspecified atom stereocenters. The van der Waals surface area contributed by atoms with Crippen LogP contribution in [-0.4, -0.2) is 47.6 Å². The van der Waals surface area contributed by atoms with Crippen LogP contribution >= 0.6 is 23.2 Å². The first kappa shape index (κ1) is 23.4. The van der Waals surface area contributed by atoms with Gasteiger partial charge in [0.15, 0.2) is 5.76 Å². The molecule has 1 aromatic rings. The number of aryl methyl sites for hydroxylation is 1. The number of carbonyl (C=O) groups is 2. The molecule has 5 nitrogen and oxygen atoms in total. The van der Waals surface area contributed by atoms with Crippen molar-refractivity contribution in [2.24, 2.45) is 0 Å². The van der Waals surface area contributed by atoms with Gasteiger partial charge >= 0.3 is 0 Å². The summed E-state index contributed by atoms with van der Waals surface area (Å²) in [7, 11) is 0. The van der Waals surface area contributed by atoms with E-state index in [1.807, 2.05) is 18.2 Å². The number of benzene rings is 1. The number of hydrogen-bond donors (Lipinski definition) is 2. The number of amides is 2. The number of alkyl halides is 1. The third-order valence-electron chi connectivity index (χ3n) is 5.37. The minimum atomic E-state index is -1.00. The van der Waals surface area contributed by atoms with Crippen LogP contribution in [0.25, 0.3) is 0 Å². The number of carbonyl (C=O) groups excluding carboxylic acids is 2. The third kappa shape index (κ3) is 6.34. The van der Waals surface area contributed by atoms with Crippen molar-refractivity contribution < 1.29 is 19.1 Å². The first-order chi connectivity index (χ1) is 14.8. The number of hydrogen-bond acceptors (Lipinski definition) is 3. The van der Waals surface area contributed by atoms with Crippen molar-refractivity contribution in [3.05, 3.63) is 68.9 Å². The van der Waals surface area contributed by atoms with Crippen LogP contribution in [0.15, 0.2) is 53.3 Å². The Kier molecular flexibility index (Phi) is 8.15. The van der Waals surface area contributed by atoms with Gasteiger partial charge in [-0.1, -0.05) is 53.1 Å². The zero-order valence-corrected chi connectivity index (χ0v) is 18.6. The summed E-state index contributed by atoms with van der Waals surface area (Å²) >= 11 is 11.9. The second kappa shape index (κ2) is 10.8. The molecule has 2 N–H and O–H groups in total. The van der Waals surface area contributed by atoms with Crippen molar-refractivity contribution in [1.29, 1.82) is 0 Å². The molecule has 166 valence electrons. The highest BCUT2D eigenvalue weighted by Gasteiger charge is 2.33. The molecule has 1 atom stereocenters. The number of aliphatic hydroxyl groups is 1. The molecule has 1 aliphatic carbocycles. The van der Waals surface area contributed by atoms with Gasteiger partial charge in [0, 0.05) is 19.5 Å². The average molecular weight is 467 g/mol. The average Bonchev–Trinajstić information content (AvgIpc) is 3.03. The van der Waals surface area contributed by atoms with Crippen molar-refractivity contribution in [3.63, 3.8) is 0 Å². The molecule has 0 radical (unpaired) electrons. The van der Waals surface area contributed by atoms with Crippen LogP contribution in [0.3, 0.4) is 0 Å². The summed E-state index contributed by atoms with van der Waals surface area (Å²) in [6.45, 7) is 0.819. The normalized spacial score (nSPS) is 18.5. The monoisotopic (exact) mass is 466 g/mol. The van der Waals surface area contributed by atoms with E-state index in [-0.39, 0.29) is 12.1 Å². The molecule has 1 heterocycles. The molecular weight excluding hydrogens is 442 g/mol. The molecule has 2 aliphatic rings. The van der Waals surface area contributed by atoms with Crippen LogP contribution in [0.2, 0.25) is 10.0 Å². The predicted octanol–water partition coefficient (Wildman–Crippen LogP) is 4.70. The van der Waals surface area contributed by atoms with Gasteiger partial charge in [0.05, 0.1) is 22.2 Å². The van der Waals surface area contributed by atoms with Crippen LogP contribution < -0.4 is 5.32 Å². The van der Waals surface area contributed by atoms with Crippen molar-refractivity contribution >= 4 is 35.0 Å². The fourth-order valence-electron chi connectivity index (χ4n) is 3.60. The maximum absolute atomic E-state index is 13.4. The largest absolute Gasteiger partial charge is 0.503 e. The second-order valence-electron chi connectivity index (χ2n) is 7.70. The molecule has 1 aliphatic heterocycles. The van der Waals surface area contributed by atoms with Crippen LogP contribution in [0.5, 0.6) is 0 Å². The summed E-state index contributed by atoms with van der Waals surface area (Å²) in [5, 5.41) is 13.9. The molecule has 0 bridgehead atoms. The lowest BCUT2D eigenvalue weighted by molar-refractivity contribution is -0.127. The van der Waals surface area contributed by atoms with Gasteiger partial charge in [-0.3, -0.25) is 9.59 Å². The van der Waals surface area contributed by atoms with Gasteiger partial charge in [-0.2, -0.15) is 0 Å². The molecular formula is C23H25Cl2FN2O3. The highest BCUT2D eigenvalue weighted by molar-refractivity contribution is 6.42. The lowest BCUT2D eigenvalue weighted by atomic mass is 10.0. The van der Waals surface area contributed by atoms with Crippen molar-refractivity contribution in [2.45, 2.75) is 38.3 Å². The molecule has 0 aromatic heterocycles. The van der Waals surface area contributed by atoms with E-state index >= 15 is 0 Å². The SMILES string of the molecule is O=C(NCCCCc1ccc(Cl)c(Cl)c1)C1=C(O)C(=O)N(CCC2=CC=CC(F)C2)C1. The van der Waals surface area contributed by atoms with Gasteiger partial charge in [-0.05, 0) is 43.4 Å².